The van der Waals surface area contributed by atoms with Crippen LogP contribution in [0.25, 0.3) is 0 Å². The van der Waals surface area contributed by atoms with Gasteiger partial charge in [0.15, 0.2) is 0 Å². The second-order valence-electron chi connectivity index (χ2n) is 6.02. The normalized spacial score (nSPS) is 25.5. The van der Waals surface area contributed by atoms with Gasteiger partial charge in [-0.3, -0.25) is 4.79 Å². The third-order valence-electron chi connectivity index (χ3n) is 4.13. The molecular weight excluding hydrogens is 266 g/mol. The molecule has 0 radical (unpaired) electrons. The van der Waals surface area contributed by atoms with Crippen LogP contribution in [0, 0.1) is 5.92 Å². The molecule has 1 aromatic rings. The molecule has 1 aromatic carbocycles. The molecule has 114 valence electrons. The Balaban J connectivity index is 1.49. The van der Waals surface area contributed by atoms with Gasteiger partial charge in [-0.25, -0.2) is 0 Å². The molecular formula is C17H23NO3. The van der Waals surface area contributed by atoms with E-state index in [2.05, 4.69) is 5.32 Å². The van der Waals surface area contributed by atoms with E-state index >= 15 is 0 Å². The number of rotatable bonds is 6. The van der Waals surface area contributed by atoms with Crippen molar-refractivity contribution in [2.45, 2.75) is 44.4 Å². The predicted octanol–water partition coefficient (Wildman–Crippen LogP) is 2.28. The van der Waals surface area contributed by atoms with Crippen molar-refractivity contribution in [2.24, 2.45) is 5.92 Å². The lowest BCUT2D eigenvalue weighted by Gasteiger charge is -2.32. The Morgan fingerprint density at radius 1 is 1.24 bits per heavy atom. The topological polar surface area (TPSA) is 47.6 Å². The molecule has 0 aromatic heterocycles. The van der Waals surface area contributed by atoms with Gasteiger partial charge >= 0.3 is 0 Å². The van der Waals surface area contributed by atoms with E-state index in [-0.39, 0.29) is 18.1 Å². The summed E-state index contributed by atoms with van der Waals surface area (Å²) < 4.78 is 11.5. The Hall–Kier alpha value is -1.39. The molecule has 4 nitrogen and oxygen atoms in total. The van der Waals surface area contributed by atoms with Gasteiger partial charge in [0, 0.05) is 13.0 Å². The Morgan fingerprint density at radius 3 is 2.81 bits per heavy atom. The predicted molar refractivity (Wildman–Crippen MR) is 79.7 cm³/mol. The summed E-state index contributed by atoms with van der Waals surface area (Å²) in [5, 5.41) is 3.13. The van der Waals surface area contributed by atoms with Crippen molar-refractivity contribution in [3.63, 3.8) is 0 Å². The molecule has 0 bridgehead atoms. The second kappa shape index (κ2) is 7.05. The summed E-state index contributed by atoms with van der Waals surface area (Å²) in [4.78, 5) is 12.0. The molecule has 1 aliphatic heterocycles. The minimum atomic E-state index is -0.0536. The number of hydrogen-bond acceptors (Lipinski definition) is 3. The molecule has 1 N–H and O–H groups in total. The van der Waals surface area contributed by atoms with Crippen LogP contribution >= 0.6 is 0 Å². The smallest absolute Gasteiger partial charge is 0.220 e. The maximum absolute atomic E-state index is 12.0. The average Bonchev–Trinajstić information content (AvgIpc) is 3.31. The summed E-state index contributed by atoms with van der Waals surface area (Å²) in [7, 11) is 0. The van der Waals surface area contributed by atoms with Gasteiger partial charge in [0.1, 0.15) is 6.10 Å². The second-order valence-corrected chi connectivity index (χ2v) is 6.02. The Bertz CT molecular complexity index is 458. The number of carbonyl (C=O) groups is 1. The van der Waals surface area contributed by atoms with Crippen LogP contribution in [0.4, 0.5) is 0 Å². The zero-order valence-electron chi connectivity index (χ0n) is 12.3. The van der Waals surface area contributed by atoms with Crippen LogP contribution in [0.2, 0.25) is 0 Å². The van der Waals surface area contributed by atoms with Crippen molar-refractivity contribution in [3.8, 4) is 0 Å². The zero-order valence-corrected chi connectivity index (χ0v) is 12.3. The van der Waals surface area contributed by atoms with Crippen molar-refractivity contribution < 1.29 is 14.3 Å². The molecule has 1 amide bonds. The summed E-state index contributed by atoms with van der Waals surface area (Å²) in [5.41, 5.74) is 1.14. The number of benzene rings is 1. The molecule has 2 fully saturated rings. The van der Waals surface area contributed by atoms with Crippen molar-refractivity contribution in [1.82, 2.24) is 5.32 Å². The van der Waals surface area contributed by atoms with Crippen molar-refractivity contribution >= 4 is 5.91 Å². The van der Waals surface area contributed by atoms with Gasteiger partial charge in [0.05, 0.1) is 19.3 Å². The summed E-state index contributed by atoms with van der Waals surface area (Å²) in [6.07, 6.45) is 3.85. The van der Waals surface area contributed by atoms with E-state index in [1.54, 1.807) is 0 Å². The zero-order chi connectivity index (χ0) is 14.5. The van der Waals surface area contributed by atoms with Crippen molar-refractivity contribution in [1.29, 1.82) is 0 Å². The van der Waals surface area contributed by atoms with Crippen LogP contribution in [0.5, 0.6) is 0 Å². The summed E-state index contributed by atoms with van der Waals surface area (Å²) in [5.74, 6) is 0.784. The van der Waals surface area contributed by atoms with Gasteiger partial charge in [0.2, 0.25) is 5.91 Å². The van der Waals surface area contributed by atoms with E-state index in [0.717, 1.165) is 12.0 Å². The summed E-state index contributed by atoms with van der Waals surface area (Å²) >= 11 is 0. The Kier molecular flexibility index (Phi) is 4.88. The highest BCUT2D eigenvalue weighted by molar-refractivity contribution is 5.76. The van der Waals surface area contributed by atoms with Gasteiger partial charge < -0.3 is 14.8 Å². The van der Waals surface area contributed by atoms with Crippen LogP contribution in [0.1, 0.15) is 31.2 Å². The van der Waals surface area contributed by atoms with Gasteiger partial charge in [-0.1, -0.05) is 30.3 Å². The Morgan fingerprint density at radius 2 is 2.05 bits per heavy atom. The lowest BCUT2D eigenvalue weighted by atomic mass is 10.1. The van der Waals surface area contributed by atoms with Crippen LogP contribution < -0.4 is 5.32 Å². The van der Waals surface area contributed by atoms with E-state index < -0.39 is 0 Å². The van der Waals surface area contributed by atoms with Crippen LogP contribution in [0.3, 0.4) is 0 Å². The molecule has 2 atom stereocenters. The number of nitrogens with one attached hydrogen (secondary N) is 1. The van der Waals surface area contributed by atoms with Crippen LogP contribution in [-0.4, -0.2) is 31.3 Å². The molecule has 4 heteroatoms. The molecule has 1 aliphatic carbocycles. The summed E-state index contributed by atoms with van der Waals surface area (Å²) in [6.45, 7) is 1.81. The van der Waals surface area contributed by atoms with Gasteiger partial charge in [-0.15, -0.1) is 0 Å². The van der Waals surface area contributed by atoms with E-state index in [0.29, 0.717) is 32.2 Å². The van der Waals surface area contributed by atoms with Crippen LogP contribution in [-0.2, 0) is 20.9 Å². The first-order chi connectivity index (χ1) is 10.3. The lowest BCUT2D eigenvalue weighted by molar-refractivity contribution is -0.127. The molecule has 3 rings (SSSR count). The molecule has 0 spiro atoms. The highest BCUT2D eigenvalue weighted by Crippen LogP contribution is 2.32. The number of amides is 1. The van der Waals surface area contributed by atoms with Gasteiger partial charge in [0.25, 0.3) is 0 Å². The molecule has 1 saturated carbocycles. The fourth-order valence-electron chi connectivity index (χ4n) is 2.67. The fourth-order valence-corrected chi connectivity index (χ4v) is 2.67. The van der Waals surface area contributed by atoms with E-state index in [4.69, 9.17) is 9.47 Å². The number of ether oxygens (including phenoxy) is 2. The van der Waals surface area contributed by atoms with E-state index in [1.807, 2.05) is 30.3 Å². The molecule has 1 heterocycles. The third-order valence-corrected chi connectivity index (χ3v) is 4.13. The number of hydrogen-bond donors (Lipinski definition) is 1. The lowest BCUT2D eigenvalue weighted by Crippen LogP contribution is -2.50. The SMILES string of the molecule is O=C(CC1CC1)N[C@@H]1CCOC[C@H]1OCc1ccccc1. The van der Waals surface area contributed by atoms with Gasteiger partial charge in [-0.2, -0.15) is 0 Å². The largest absolute Gasteiger partial charge is 0.379 e. The quantitative estimate of drug-likeness (QED) is 0.874. The minimum absolute atomic E-state index is 0.0536. The third kappa shape index (κ3) is 4.55. The van der Waals surface area contributed by atoms with Gasteiger partial charge in [-0.05, 0) is 30.7 Å². The molecule has 21 heavy (non-hydrogen) atoms. The first-order valence-electron chi connectivity index (χ1n) is 7.84. The molecule has 0 unspecified atom stereocenters. The first kappa shape index (κ1) is 14.5. The highest BCUT2D eigenvalue weighted by Gasteiger charge is 2.30. The Labute approximate surface area is 125 Å². The summed E-state index contributed by atoms with van der Waals surface area (Å²) in [6, 6.07) is 10.2. The van der Waals surface area contributed by atoms with Crippen molar-refractivity contribution in [2.75, 3.05) is 13.2 Å². The maximum atomic E-state index is 12.0. The standard InChI is InChI=1S/C17H23NO3/c19-17(10-13-6-7-13)18-15-8-9-20-12-16(15)21-11-14-4-2-1-3-5-14/h1-5,13,15-16H,6-12H2,(H,18,19)/t15-,16-/m1/s1. The number of carbonyl (C=O) groups excluding carboxylic acids is 1. The maximum Gasteiger partial charge on any atom is 0.220 e. The highest BCUT2D eigenvalue weighted by atomic mass is 16.5. The van der Waals surface area contributed by atoms with E-state index in [1.165, 1.54) is 12.8 Å². The van der Waals surface area contributed by atoms with Crippen LogP contribution in [0.15, 0.2) is 30.3 Å². The molecule has 2 aliphatic rings. The first-order valence-corrected chi connectivity index (χ1v) is 7.84. The average molecular weight is 289 g/mol. The van der Waals surface area contributed by atoms with Crippen molar-refractivity contribution in [3.05, 3.63) is 35.9 Å². The van der Waals surface area contributed by atoms with E-state index in [9.17, 15) is 4.79 Å². The molecule has 1 saturated heterocycles. The fraction of sp³-hybridized carbons (Fsp3) is 0.588. The minimum Gasteiger partial charge on any atom is -0.379 e. The monoisotopic (exact) mass is 289 g/mol.